The van der Waals surface area contributed by atoms with Crippen LogP contribution in [0.5, 0.6) is 46.0 Å². The third kappa shape index (κ3) is 40.2. The zero-order valence-corrected chi connectivity index (χ0v) is 63.2. The Kier molecular flexibility index (Phi) is 38.8. The fraction of sp³-hybridized carbons (Fsp3) is 0.597. The third-order valence-electron chi connectivity index (χ3n) is 14.5. The van der Waals surface area contributed by atoms with Crippen LogP contribution in [0.15, 0.2) is 54.5 Å². The topological polar surface area (TPSA) is 556 Å². The van der Waals surface area contributed by atoms with Gasteiger partial charge in [-0.2, -0.15) is 50.5 Å². The molecule has 4 rings (SSSR count). The number of nitrogens with two attached hydrogens (primary N) is 1. The molecule has 0 spiro atoms. The molecule has 0 fully saturated rings. The van der Waals surface area contributed by atoms with E-state index >= 15 is 0 Å². The van der Waals surface area contributed by atoms with Crippen molar-refractivity contribution in [1.82, 2.24) is 36.3 Å². The van der Waals surface area contributed by atoms with Crippen LogP contribution >= 0.6 is 0 Å². The van der Waals surface area contributed by atoms with E-state index in [0.717, 1.165) is 12.0 Å². The SMILES string of the molecule is CNCCCc1c(OCCCC/C(N)=C/NCCCNC(=O)c2cc(OCCCS(=O)(=O)O)c(OCCCS(=O)(=O)O)c(OCCCS(=O)(=O)O)c2)cc(C(C)=O)cc1OCCCCc1cn(CCCNC(=O)c2cc(OCCCS(=O)(=O)O)c(OCCCS(=O)(=O)O)c(OCCCS(=O)(=O)O)c2)nn1. The summed E-state index contributed by atoms with van der Waals surface area (Å²) in [7, 11) is -24.3. The van der Waals surface area contributed by atoms with Crippen LogP contribution in [0.1, 0.15) is 139 Å². The summed E-state index contributed by atoms with van der Waals surface area (Å²) in [6, 6.07) is 8.47. The van der Waals surface area contributed by atoms with Crippen molar-refractivity contribution in [3.8, 4) is 46.0 Å². The van der Waals surface area contributed by atoms with Gasteiger partial charge in [0.2, 0.25) is 11.5 Å². The van der Waals surface area contributed by atoms with Crippen molar-refractivity contribution in [1.29, 1.82) is 0 Å². The van der Waals surface area contributed by atoms with Crippen LogP contribution in [0.3, 0.4) is 0 Å². The fourth-order valence-corrected chi connectivity index (χ4v) is 12.4. The predicted molar refractivity (Wildman–Crippen MR) is 383 cm³/mol. The van der Waals surface area contributed by atoms with E-state index in [9.17, 15) is 87.7 Å². The molecule has 0 aliphatic carbocycles. The van der Waals surface area contributed by atoms with Crippen molar-refractivity contribution in [2.75, 3.05) is 121 Å². The van der Waals surface area contributed by atoms with Gasteiger partial charge in [0.25, 0.3) is 72.5 Å². The van der Waals surface area contributed by atoms with Crippen molar-refractivity contribution < 1.29 is 130 Å². The van der Waals surface area contributed by atoms with Crippen LogP contribution in [0, 0.1) is 0 Å². The first-order chi connectivity index (χ1) is 49.4. The molecule has 4 aromatic rings. The highest BCUT2D eigenvalue weighted by Crippen LogP contribution is 2.41. The molecule has 12 N–H and O–H groups in total. The number of carbonyl (C=O) groups excluding carboxylic acids is 3. The van der Waals surface area contributed by atoms with Gasteiger partial charge in [-0.3, -0.25) is 46.4 Å². The molecule has 37 nitrogen and oxygen atoms in total. The Balaban J connectivity index is 1.28. The molecular formula is C62H96N8O29S6. The van der Waals surface area contributed by atoms with Crippen LogP contribution in [0.25, 0.3) is 0 Å². The van der Waals surface area contributed by atoms with Crippen molar-refractivity contribution in [3.63, 3.8) is 0 Å². The number of aryl methyl sites for hydroxylation is 2. The maximum Gasteiger partial charge on any atom is 0.264 e. The number of unbranched alkanes of at least 4 members (excludes halogenated alkanes) is 2. The summed E-state index contributed by atoms with van der Waals surface area (Å²) in [6.45, 7) is 1.95. The van der Waals surface area contributed by atoms with Gasteiger partial charge in [0.1, 0.15) is 11.5 Å². The summed E-state index contributed by atoms with van der Waals surface area (Å²) in [6.07, 6.45) is 8.00. The molecule has 0 unspecified atom stereocenters. The zero-order chi connectivity index (χ0) is 77.7. The van der Waals surface area contributed by atoms with E-state index in [0.29, 0.717) is 119 Å². The number of allylic oxidation sites excluding steroid dienone is 1. The second-order valence-corrected chi connectivity index (χ2v) is 33.2. The van der Waals surface area contributed by atoms with Gasteiger partial charge < -0.3 is 64.9 Å². The minimum Gasteiger partial charge on any atom is -0.493 e. The number of ether oxygens (including phenoxy) is 8. The highest BCUT2D eigenvalue weighted by atomic mass is 32.2. The number of nitrogens with zero attached hydrogens (tertiary/aromatic N) is 3. The molecule has 0 bridgehead atoms. The summed E-state index contributed by atoms with van der Waals surface area (Å²) in [5, 5.41) is 20.3. The standard InChI is InChI=1S/C62H96N8O29S6/c1-46(71)47-38-53(92-24-5-3-16-50(63)44-65-20-8-21-66-61(72)48-40-55(94-26-10-32-100(74,75)76)59(98-30-14-36-104(86,87)88)56(41-48)95-27-11-33-101(77,78)79)52(18-7-19-64-2)54(39-47)93-25-6-4-17-51-45-70(69-68-51)23-9-22-67-62(73)49-42-57(96-28-12-34-102(80,81)82)60(99-31-15-37-105(89,90)91)58(43-49)97-29-13-35-103(83,84)85/h38-45,64-65H,3-37,63H2,1-2H3,(H,66,72)(H,67,73)(H,74,75,76)(H,77,78,79)(H,80,81,82)(H,83,84,85)(H,86,87,88)(H,89,90,91)/b50-44-. The molecule has 105 heavy (non-hydrogen) atoms. The molecule has 1 aromatic heterocycles. The van der Waals surface area contributed by atoms with E-state index in [-0.39, 0.29) is 143 Å². The Labute approximate surface area is 612 Å². The molecule has 43 heteroatoms. The van der Waals surface area contributed by atoms with Gasteiger partial charge in [-0.15, -0.1) is 5.10 Å². The van der Waals surface area contributed by atoms with Gasteiger partial charge in [0.15, 0.2) is 28.8 Å². The molecular weight excluding hydrogens is 1510 g/mol. The molecule has 0 aliphatic heterocycles. The minimum absolute atomic E-state index is 0.0299. The molecule has 594 valence electrons. The van der Waals surface area contributed by atoms with Crippen molar-refractivity contribution in [2.45, 2.75) is 116 Å². The average molecular weight is 1610 g/mol. The summed E-state index contributed by atoms with van der Waals surface area (Å²) in [4.78, 5) is 39.8. The van der Waals surface area contributed by atoms with Crippen LogP contribution in [-0.2, 0) is 80.1 Å². The lowest BCUT2D eigenvalue weighted by Crippen LogP contribution is -2.26. The second-order valence-electron chi connectivity index (χ2n) is 23.7. The predicted octanol–water partition coefficient (Wildman–Crippen LogP) is 3.55. The van der Waals surface area contributed by atoms with E-state index < -0.39 is 107 Å². The van der Waals surface area contributed by atoms with E-state index in [1.54, 1.807) is 29.2 Å². The average Bonchev–Trinajstić information content (AvgIpc) is 1.19. The normalized spacial score (nSPS) is 12.3. The largest absolute Gasteiger partial charge is 0.493 e. The third-order valence-corrected chi connectivity index (χ3v) is 19.3. The number of aromatic nitrogens is 3. The second kappa shape index (κ2) is 45.3. The van der Waals surface area contributed by atoms with Gasteiger partial charge >= 0.3 is 0 Å². The molecule has 0 atom stereocenters. The van der Waals surface area contributed by atoms with Crippen molar-refractivity contribution in [2.24, 2.45) is 5.73 Å². The van der Waals surface area contributed by atoms with Gasteiger partial charge in [-0.25, -0.2) is 0 Å². The summed E-state index contributed by atoms with van der Waals surface area (Å²) >= 11 is 0. The lowest BCUT2D eigenvalue weighted by molar-refractivity contribution is 0.0943. The Bertz CT molecular complexity index is 4060. The number of hydrogen-bond donors (Lipinski definition) is 11. The molecule has 3 aromatic carbocycles. The monoisotopic (exact) mass is 1610 g/mol. The quantitative estimate of drug-likeness (QED) is 0.0171. The first-order valence-corrected chi connectivity index (χ1v) is 43.1. The molecule has 1 heterocycles. The zero-order valence-electron chi connectivity index (χ0n) is 58.3. The number of Topliss-reactive ketones (excluding diaryl/α,β-unsaturated/α-hetero) is 1. The number of benzene rings is 3. The van der Waals surface area contributed by atoms with Crippen molar-refractivity contribution >= 4 is 78.3 Å². The number of amides is 2. The summed E-state index contributed by atoms with van der Waals surface area (Å²) < 4.78 is 240. The van der Waals surface area contributed by atoms with Crippen LogP contribution < -0.4 is 64.9 Å². The lowest BCUT2D eigenvalue weighted by Gasteiger charge is -2.19. The van der Waals surface area contributed by atoms with Gasteiger partial charge in [-0.1, -0.05) is 5.21 Å². The van der Waals surface area contributed by atoms with Gasteiger partial charge in [-0.05, 0) is 160 Å². The lowest BCUT2D eigenvalue weighted by atomic mass is 10.0. The Morgan fingerprint density at radius 3 is 1.19 bits per heavy atom. The first-order valence-electron chi connectivity index (χ1n) is 33.4. The summed E-state index contributed by atoms with van der Waals surface area (Å²) in [5.41, 5.74) is 8.73. The first kappa shape index (κ1) is 90.0. The Hall–Kier alpha value is -7.43. The Morgan fingerprint density at radius 1 is 0.438 bits per heavy atom. The van der Waals surface area contributed by atoms with E-state index in [1.165, 1.54) is 31.2 Å². The number of rotatable bonds is 58. The highest BCUT2D eigenvalue weighted by Gasteiger charge is 2.24. The maximum absolute atomic E-state index is 13.5. The smallest absolute Gasteiger partial charge is 0.264 e. The highest BCUT2D eigenvalue weighted by molar-refractivity contribution is 7.86. The molecule has 0 radical (unpaired) electrons. The number of carbonyl (C=O) groups is 3. The Morgan fingerprint density at radius 2 is 0.800 bits per heavy atom. The molecule has 0 aliphatic rings. The van der Waals surface area contributed by atoms with Crippen molar-refractivity contribution in [3.05, 3.63) is 82.4 Å². The van der Waals surface area contributed by atoms with E-state index in [1.807, 2.05) is 7.05 Å². The number of nitrogens with one attached hydrogen (secondary N) is 4. The molecule has 2 amide bonds. The van der Waals surface area contributed by atoms with Crippen LogP contribution in [0.2, 0.25) is 0 Å². The molecule has 0 saturated heterocycles. The number of hydrogen-bond acceptors (Lipinski definition) is 28. The maximum atomic E-state index is 13.5. The fourth-order valence-electron chi connectivity index (χ4n) is 9.50. The van der Waals surface area contributed by atoms with E-state index in [2.05, 4.69) is 31.6 Å². The van der Waals surface area contributed by atoms with Gasteiger partial charge in [0, 0.05) is 66.5 Å². The van der Waals surface area contributed by atoms with Gasteiger partial charge in [0.05, 0.1) is 93.1 Å². The molecule has 0 saturated carbocycles. The summed E-state index contributed by atoms with van der Waals surface area (Å²) in [5.74, 6) is -5.28. The number of ketones is 1. The minimum atomic E-state index is -4.36. The van der Waals surface area contributed by atoms with Crippen LogP contribution in [0.4, 0.5) is 0 Å². The van der Waals surface area contributed by atoms with E-state index in [4.69, 9.17) is 48.2 Å². The van der Waals surface area contributed by atoms with Crippen LogP contribution in [-0.4, -0.2) is 231 Å².